The van der Waals surface area contributed by atoms with Gasteiger partial charge in [-0.25, -0.2) is 0 Å². The predicted octanol–water partition coefficient (Wildman–Crippen LogP) is 2.56. The minimum atomic E-state index is 0.0124. The van der Waals surface area contributed by atoms with Crippen LogP contribution in [0.1, 0.15) is 66.6 Å². The van der Waals surface area contributed by atoms with E-state index in [0.717, 1.165) is 57.6 Å². The lowest BCUT2D eigenvalue weighted by Gasteiger charge is -2.35. The minimum absolute atomic E-state index is 0.0124. The molecule has 4 heterocycles. The molecular formula is C19H27N5O2. The van der Waals surface area contributed by atoms with Crippen LogP contribution in [0, 0.1) is 0 Å². The molecule has 1 saturated heterocycles. The van der Waals surface area contributed by atoms with Crippen LogP contribution in [0.25, 0.3) is 0 Å². The Labute approximate surface area is 153 Å². The smallest absolute Gasteiger partial charge is 0.274 e. The number of aryl methyl sites for hydroxylation is 2. The molecule has 1 fully saturated rings. The van der Waals surface area contributed by atoms with E-state index < -0.39 is 0 Å². The maximum Gasteiger partial charge on any atom is 0.274 e. The minimum Gasteiger partial charge on any atom is -0.376 e. The quantitative estimate of drug-likeness (QED) is 0.843. The number of nitrogens with zero attached hydrogens (tertiary/aromatic N) is 5. The molecule has 0 aromatic carbocycles. The highest BCUT2D eigenvalue weighted by Crippen LogP contribution is 2.35. The summed E-state index contributed by atoms with van der Waals surface area (Å²) in [5.41, 5.74) is 4.03. The number of aromatic nitrogens is 4. The van der Waals surface area contributed by atoms with Crippen molar-refractivity contribution >= 4 is 5.91 Å². The van der Waals surface area contributed by atoms with E-state index in [9.17, 15) is 4.79 Å². The fourth-order valence-corrected chi connectivity index (χ4v) is 4.12. The maximum absolute atomic E-state index is 13.1. The first-order chi connectivity index (χ1) is 12.7. The highest BCUT2D eigenvalue weighted by atomic mass is 16.5. The van der Waals surface area contributed by atoms with Gasteiger partial charge < -0.3 is 9.64 Å². The Morgan fingerprint density at radius 2 is 2.15 bits per heavy atom. The van der Waals surface area contributed by atoms with Gasteiger partial charge in [-0.3, -0.25) is 14.2 Å². The van der Waals surface area contributed by atoms with Gasteiger partial charge >= 0.3 is 0 Å². The second-order valence-corrected chi connectivity index (χ2v) is 7.00. The summed E-state index contributed by atoms with van der Waals surface area (Å²) < 4.78 is 9.60. The van der Waals surface area contributed by atoms with Crippen molar-refractivity contribution in [2.75, 3.05) is 13.2 Å². The van der Waals surface area contributed by atoms with Gasteiger partial charge in [0.2, 0.25) is 0 Å². The molecule has 140 valence electrons. The molecule has 26 heavy (non-hydrogen) atoms. The number of likely N-dealkylation sites (tertiary alicyclic amines) is 1. The van der Waals surface area contributed by atoms with Crippen LogP contribution < -0.4 is 0 Å². The van der Waals surface area contributed by atoms with E-state index in [1.807, 2.05) is 24.1 Å². The number of rotatable bonds is 4. The Morgan fingerprint density at radius 1 is 1.27 bits per heavy atom. The van der Waals surface area contributed by atoms with Crippen molar-refractivity contribution < 1.29 is 9.53 Å². The number of carbonyl (C=O) groups excluding carboxylic acids is 1. The molecule has 2 aliphatic rings. The fraction of sp³-hybridized carbons (Fsp3) is 0.632. The number of ether oxygens (including phenoxy) is 1. The van der Waals surface area contributed by atoms with E-state index in [2.05, 4.69) is 16.7 Å². The molecule has 1 atom stereocenters. The number of hydrogen-bond donors (Lipinski definition) is 0. The first-order valence-electron chi connectivity index (χ1n) is 9.73. The number of piperidine rings is 1. The molecule has 4 rings (SSSR count). The van der Waals surface area contributed by atoms with Crippen LogP contribution in [0.3, 0.4) is 0 Å². The van der Waals surface area contributed by atoms with Gasteiger partial charge in [0.25, 0.3) is 5.91 Å². The van der Waals surface area contributed by atoms with Gasteiger partial charge in [0.15, 0.2) is 0 Å². The molecule has 0 spiro atoms. The summed E-state index contributed by atoms with van der Waals surface area (Å²) in [6.45, 7) is 7.87. The number of hydrogen-bond acceptors (Lipinski definition) is 4. The van der Waals surface area contributed by atoms with Crippen molar-refractivity contribution in [2.24, 2.45) is 0 Å². The Hall–Kier alpha value is -2.15. The van der Waals surface area contributed by atoms with Crippen molar-refractivity contribution in [1.82, 2.24) is 24.5 Å². The lowest BCUT2D eigenvalue weighted by Crippen LogP contribution is -2.39. The van der Waals surface area contributed by atoms with E-state index in [-0.39, 0.29) is 11.9 Å². The van der Waals surface area contributed by atoms with Gasteiger partial charge in [0.1, 0.15) is 5.69 Å². The summed E-state index contributed by atoms with van der Waals surface area (Å²) in [6, 6.07) is 1.84. The Morgan fingerprint density at radius 3 is 2.92 bits per heavy atom. The van der Waals surface area contributed by atoms with Gasteiger partial charge in [-0.05, 0) is 39.2 Å². The molecule has 2 aliphatic heterocycles. The van der Waals surface area contributed by atoms with Gasteiger partial charge in [0, 0.05) is 43.5 Å². The predicted molar refractivity (Wildman–Crippen MR) is 96.8 cm³/mol. The Kier molecular flexibility index (Phi) is 4.80. The highest BCUT2D eigenvalue weighted by molar-refractivity contribution is 5.92. The normalized spacial score (nSPS) is 20.2. The number of carbonyl (C=O) groups is 1. The molecule has 2 aromatic heterocycles. The van der Waals surface area contributed by atoms with Crippen LogP contribution in [0.5, 0.6) is 0 Å². The maximum atomic E-state index is 13.1. The van der Waals surface area contributed by atoms with E-state index in [0.29, 0.717) is 12.3 Å². The molecule has 7 heteroatoms. The first-order valence-corrected chi connectivity index (χ1v) is 9.73. The zero-order valence-electron chi connectivity index (χ0n) is 15.6. The van der Waals surface area contributed by atoms with Crippen molar-refractivity contribution in [3.8, 4) is 0 Å². The standard InChI is InChI=1S/C19H27N5O2/c1-3-22-11-8-15(20-22)19(25)23-10-6-5-7-17(23)18-14-13-26-12-9-16(14)24(4-2)21-18/h8,11,17H,3-7,9-10,12-13H2,1-2H3. The number of fused-ring (bicyclic) bond motifs is 1. The summed E-state index contributed by atoms with van der Waals surface area (Å²) in [5.74, 6) is 0.0124. The molecule has 0 bridgehead atoms. The van der Waals surface area contributed by atoms with E-state index >= 15 is 0 Å². The molecule has 0 aliphatic carbocycles. The summed E-state index contributed by atoms with van der Waals surface area (Å²) >= 11 is 0. The second-order valence-electron chi connectivity index (χ2n) is 7.00. The van der Waals surface area contributed by atoms with Crippen LogP contribution in [-0.2, 0) is 30.9 Å². The van der Waals surface area contributed by atoms with Gasteiger partial charge in [-0.15, -0.1) is 0 Å². The average Bonchev–Trinajstić information content (AvgIpc) is 3.32. The van der Waals surface area contributed by atoms with E-state index in [1.54, 1.807) is 4.68 Å². The highest BCUT2D eigenvalue weighted by Gasteiger charge is 2.35. The van der Waals surface area contributed by atoms with Crippen LogP contribution >= 0.6 is 0 Å². The summed E-state index contributed by atoms with van der Waals surface area (Å²) in [4.78, 5) is 15.1. The summed E-state index contributed by atoms with van der Waals surface area (Å²) in [6.07, 6.45) is 5.87. The summed E-state index contributed by atoms with van der Waals surface area (Å²) in [7, 11) is 0. The lowest BCUT2D eigenvalue weighted by atomic mass is 9.95. The second kappa shape index (κ2) is 7.23. The zero-order chi connectivity index (χ0) is 18.1. The Balaban J connectivity index is 1.68. The van der Waals surface area contributed by atoms with Crippen molar-refractivity contribution in [3.05, 3.63) is 34.9 Å². The number of amides is 1. The molecule has 0 N–H and O–H groups in total. The third-order valence-electron chi connectivity index (χ3n) is 5.49. The first kappa shape index (κ1) is 17.3. The average molecular weight is 357 g/mol. The molecule has 1 unspecified atom stereocenters. The van der Waals surface area contributed by atoms with Crippen LogP contribution in [-0.4, -0.2) is 43.5 Å². The molecule has 7 nitrogen and oxygen atoms in total. The van der Waals surface area contributed by atoms with Crippen molar-refractivity contribution in [3.63, 3.8) is 0 Å². The van der Waals surface area contributed by atoms with Crippen LogP contribution in [0.2, 0.25) is 0 Å². The van der Waals surface area contributed by atoms with Crippen molar-refractivity contribution in [1.29, 1.82) is 0 Å². The van der Waals surface area contributed by atoms with Gasteiger partial charge in [0.05, 0.1) is 24.9 Å². The largest absolute Gasteiger partial charge is 0.376 e. The molecule has 2 aromatic rings. The zero-order valence-corrected chi connectivity index (χ0v) is 15.6. The summed E-state index contributed by atoms with van der Waals surface area (Å²) in [5, 5.41) is 9.31. The van der Waals surface area contributed by atoms with Crippen molar-refractivity contribution in [2.45, 2.75) is 65.3 Å². The van der Waals surface area contributed by atoms with Crippen LogP contribution in [0.4, 0.5) is 0 Å². The third kappa shape index (κ3) is 2.94. The topological polar surface area (TPSA) is 65.2 Å². The SMILES string of the molecule is CCn1ccc(C(=O)N2CCCCC2c2nn(CC)c3c2COCC3)n1. The van der Waals surface area contributed by atoms with Gasteiger partial charge in [-0.1, -0.05) is 0 Å². The van der Waals surface area contributed by atoms with Crippen LogP contribution in [0.15, 0.2) is 12.3 Å². The van der Waals surface area contributed by atoms with Gasteiger partial charge in [-0.2, -0.15) is 10.2 Å². The van der Waals surface area contributed by atoms with E-state index in [4.69, 9.17) is 9.84 Å². The third-order valence-corrected chi connectivity index (χ3v) is 5.49. The lowest BCUT2D eigenvalue weighted by molar-refractivity contribution is 0.0589. The molecule has 0 radical (unpaired) electrons. The fourth-order valence-electron chi connectivity index (χ4n) is 4.12. The van der Waals surface area contributed by atoms with E-state index in [1.165, 1.54) is 11.3 Å². The molecule has 0 saturated carbocycles. The molecular weight excluding hydrogens is 330 g/mol. The molecule has 1 amide bonds. The monoisotopic (exact) mass is 357 g/mol. The Bertz CT molecular complexity index is 794.